The summed E-state index contributed by atoms with van der Waals surface area (Å²) in [4.78, 5) is 12.1. The maximum absolute atomic E-state index is 13.6. The lowest BCUT2D eigenvalue weighted by molar-refractivity contribution is -0.119. The Labute approximate surface area is 124 Å². The van der Waals surface area contributed by atoms with E-state index in [1.54, 1.807) is 32.0 Å². The van der Waals surface area contributed by atoms with Gasteiger partial charge in [0.05, 0.1) is 12.1 Å². The molecule has 0 aromatic heterocycles. The first-order chi connectivity index (χ1) is 9.91. The Morgan fingerprint density at radius 1 is 1.48 bits per heavy atom. The van der Waals surface area contributed by atoms with Crippen LogP contribution in [0.1, 0.15) is 25.8 Å². The minimum absolute atomic E-state index is 0.0594. The Hall–Kier alpha value is -1.72. The topological polar surface area (TPSA) is 58.6 Å². The summed E-state index contributed by atoms with van der Waals surface area (Å²) < 4.78 is 18.7. The number of rotatable bonds is 7. The Bertz CT molecular complexity index is 508. The van der Waals surface area contributed by atoms with Gasteiger partial charge in [0.1, 0.15) is 5.82 Å². The molecule has 5 heteroatoms. The molecule has 0 radical (unpaired) electrons. The molecule has 1 aromatic rings. The van der Waals surface area contributed by atoms with Crippen LogP contribution in [-0.2, 0) is 9.53 Å². The fourth-order valence-corrected chi connectivity index (χ4v) is 2.13. The van der Waals surface area contributed by atoms with Gasteiger partial charge in [0.15, 0.2) is 0 Å². The van der Waals surface area contributed by atoms with E-state index in [1.807, 2.05) is 0 Å². The summed E-state index contributed by atoms with van der Waals surface area (Å²) in [5.41, 5.74) is 0.268. The number of carbonyl (C=O) groups is 1. The van der Waals surface area contributed by atoms with Crippen molar-refractivity contribution < 1.29 is 19.0 Å². The van der Waals surface area contributed by atoms with Crippen LogP contribution in [-0.4, -0.2) is 36.9 Å². The molecule has 0 spiro atoms. The smallest absolute Gasteiger partial charge is 0.244 e. The minimum atomic E-state index is -0.660. The summed E-state index contributed by atoms with van der Waals surface area (Å²) in [6.45, 7) is 3.69. The van der Waals surface area contributed by atoms with Gasteiger partial charge in [-0.2, -0.15) is 0 Å². The van der Waals surface area contributed by atoms with Crippen molar-refractivity contribution >= 4 is 11.5 Å². The first-order valence-corrected chi connectivity index (χ1v) is 6.77. The monoisotopic (exact) mass is 295 g/mol. The van der Waals surface area contributed by atoms with Gasteiger partial charge in [-0.1, -0.05) is 18.2 Å². The molecule has 0 aliphatic rings. The number of methoxy groups -OCH3 is 1. The number of hydrogen-bond donors (Lipinski definition) is 2. The number of ether oxygens (including phenoxy) is 1. The van der Waals surface area contributed by atoms with Crippen LogP contribution in [0.3, 0.4) is 0 Å². The van der Waals surface area contributed by atoms with Gasteiger partial charge in [0, 0.05) is 25.4 Å². The van der Waals surface area contributed by atoms with Crippen molar-refractivity contribution in [2.24, 2.45) is 0 Å². The van der Waals surface area contributed by atoms with Crippen molar-refractivity contribution in [1.82, 2.24) is 5.32 Å². The molecule has 1 amide bonds. The third-order valence-corrected chi connectivity index (χ3v) is 3.20. The summed E-state index contributed by atoms with van der Waals surface area (Å²) in [5.74, 6) is -0.710. The number of aliphatic hydroxyl groups is 1. The van der Waals surface area contributed by atoms with Crippen LogP contribution < -0.4 is 5.32 Å². The summed E-state index contributed by atoms with van der Waals surface area (Å²) in [6.07, 6.45) is 1.73. The van der Waals surface area contributed by atoms with Crippen molar-refractivity contribution in [1.29, 1.82) is 0 Å². The van der Waals surface area contributed by atoms with E-state index in [4.69, 9.17) is 9.84 Å². The molecule has 2 N–H and O–H groups in total. The second-order valence-electron chi connectivity index (χ2n) is 5.26. The number of nitrogens with one attached hydrogen (secondary N) is 1. The van der Waals surface area contributed by atoms with Gasteiger partial charge in [0.25, 0.3) is 0 Å². The van der Waals surface area contributed by atoms with E-state index in [-0.39, 0.29) is 24.9 Å². The van der Waals surface area contributed by atoms with E-state index >= 15 is 0 Å². The molecule has 0 saturated heterocycles. The molecule has 1 unspecified atom stereocenters. The largest absolute Gasteiger partial charge is 0.396 e. The zero-order chi connectivity index (χ0) is 15.9. The predicted octanol–water partition coefficient (Wildman–Crippen LogP) is 2.13. The Morgan fingerprint density at radius 3 is 2.71 bits per heavy atom. The van der Waals surface area contributed by atoms with Crippen molar-refractivity contribution in [2.75, 3.05) is 20.3 Å². The fourth-order valence-electron chi connectivity index (χ4n) is 2.13. The lowest BCUT2D eigenvalue weighted by Crippen LogP contribution is -2.49. The number of hydrogen-bond acceptors (Lipinski definition) is 3. The number of amides is 1. The van der Waals surface area contributed by atoms with Gasteiger partial charge >= 0.3 is 0 Å². The Kier molecular flexibility index (Phi) is 6.52. The first-order valence-electron chi connectivity index (χ1n) is 6.77. The molecule has 0 saturated carbocycles. The minimum Gasteiger partial charge on any atom is -0.396 e. The average Bonchev–Trinajstić information content (AvgIpc) is 2.38. The summed E-state index contributed by atoms with van der Waals surface area (Å²) >= 11 is 0. The van der Waals surface area contributed by atoms with E-state index in [0.29, 0.717) is 17.6 Å². The van der Waals surface area contributed by atoms with Crippen LogP contribution in [0.4, 0.5) is 4.39 Å². The number of aliphatic hydroxyl groups excluding tert-OH is 1. The zero-order valence-electron chi connectivity index (χ0n) is 12.6. The van der Waals surface area contributed by atoms with E-state index < -0.39 is 5.54 Å². The Balaban J connectivity index is 2.84. The van der Waals surface area contributed by atoms with Gasteiger partial charge in [-0.25, -0.2) is 4.39 Å². The third kappa shape index (κ3) is 5.28. The lowest BCUT2D eigenvalue weighted by atomic mass is 9.99. The average molecular weight is 295 g/mol. The second-order valence-corrected chi connectivity index (χ2v) is 5.26. The lowest BCUT2D eigenvalue weighted by Gasteiger charge is -2.29. The quantitative estimate of drug-likeness (QED) is 0.758. The summed E-state index contributed by atoms with van der Waals surface area (Å²) in [6, 6.07) is 6.29. The molecular formula is C16H22FNO3. The zero-order valence-corrected chi connectivity index (χ0v) is 12.6. The van der Waals surface area contributed by atoms with Gasteiger partial charge in [-0.05, 0) is 31.9 Å². The molecular weight excluding hydrogens is 273 g/mol. The van der Waals surface area contributed by atoms with Gasteiger partial charge in [0.2, 0.25) is 5.91 Å². The molecule has 0 aliphatic carbocycles. The van der Waals surface area contributed by atoms with Crippen LogP contribution in [0.2, 0.25) is 0 Å². The molecule has 1 aromatic carbocycles. The molecule has 0 bridgehead atoms. The normalized spacial score (nSPS) is 14.6. The number of carbonyl (C=O) groups excluding carboxylic acids is 1. The van der Waals surface area contributed by atoms with Gasteiger partial charge in [-0.15, -0.1) is 0 Å². The summed E-state index contributed by atoms with van der Waals surface area (Å²) in [7, 11) is 1.53. The molecule has 0 heterocycles. The van der Waals surface area contributed by atoms with Crippen molar-refractivity contribution in [3.05, 3.63) is 41.7 Å². The standard InChI is InChI=1S/C16H22FNO3/c1-12(13-6-4-5-7-14(13)17)10-15(20)18-16(2,8-9-19)11-21-3/h4-7,10,19H,8-9,11H2,1-3H3,(H,18,20)/b12-10-. The van der Waals surface area contributed by atoms with E-state index in [2.05, 4.69) is 5.32 Å². The van der Waals surface area contributed by atoms with Crippen LogP contribution in [0.15, 0.2) is 30.3 Å². The van der Waals surface area contributed by atoms with Crippen molar-refractivity contribution in [3.8, 4) is 0 Å². The number of allylic oxidation sites excluding steroid dienone is 1. The molecule has 4 nitrogen and oxygen atoms in total. The summed E-state index contributed by atoms with van der Waals surface area (Å²) in [5, 5.41) is 11.9. The highest BCUT2D eigenvalue weighted by atomic mass is 19.1. The third-order valence-electron chi connectivity index (χ3n) is 3.20. The van der Waals surface area contributed by atoms with Crippen LogP contribution in [0.25, 0.3) is 5.57 Å². The second kappa shape index (κ2) is 7.90. The van der Waals surface area contributed by atoms with Crippen LogP contribution in [0.5, 0.6) is 0 Å². The molecule has 1 atom stereocenters. The van der Waals surface area contributed by atoms with E-state index in [1.165, 1.54) is 19.3 Å². The predicted molar refractivity (Wildman–Crippen MR) is 80.2 cm³/mol. The molecule has 116 valence electrons. The van der Waals surface area contributed by atoms with Crippen molar-refractivity contribution in [2.45, 2.75) is 25.8 Å². The Morgan fingerprint density at radius 2 is 2.14 bits per heavy atom. The van der Waals surface area contributed by atoms with Crippen molar-refractivity contribution in [3.63, 3.8) is 0 Å². The first kappa shape index (κ1) is 17.3. The highest BCUT2D eigenvalue weighted by molar-refractivity contribution is 5.95. The number of benzene rings is 1. The molecule has 0 fully saturated rings. The van der Waals surface area contributed by atoms with Gasteiger partial charge in [-0.3, -0.25) is 4.79 Å². The highest BCUT2D eigenvalue weighted by Crippen LogP contribution is 2.17. The van der Waals surface area contributed by atoms with Crippen LogP contribution in [0, 0.1) is 5.82 Å². The SMILES string of the molecule is COCC(C)(CCO)NC(=O)/C=C(/C)c1ccccc1F. The molecule has 0 aliphatic heterocycles. The maximum atomic E-state index is 13.6. The maximum Gasteiger partial charge on any atom is 0.244 e. The fraction of sp³-hybridized carbons (Fsp3) is 0.438. The van der Waals surface area contributed by atoms with E-state index in [0.717, 1.165) is 0 Å². The molecule has 21 heavy (non-hydrogen) atoms. The van der Waals surface area contributed by atoms with Crippen LogP contribution >= 0.6 is 0 Å². The number of halogens is 1. The van der Waals surface area contributed by atoms with Gasteiger partial charge < -0.3 is 15.2 Å². The highest BCUT2D eigenvalue weighted by Gasteiger charge is 2.25. The molecule has 1 rings (SSSR count). The van der Waals surface area contributed by atoms with E-state index in [9.17, 15) is 9.18 Å².